The van der Waals surface area contributed by atoms with Crippen LogP contribution in [-0.4, -0.2) is 10.5 Å². The third kappa shape index (κ3) is 2.88. The van der Waals surface area contributed by atoms with Crippen molar-refractivity contribution in [1.82, 2.24) is 9.88 Å². The molecule has 6 heteroatoms. The molecule has 0 spiro atoms. The Labute approximate surface area is 131 Å². The Hall–Kier alpha value is -2.89. The smallest absolute Gasteiger partial charge is 0.408 e. The Morgan fingerprint density at radius 1 is 1.22 bits per heavy atom. The van der Waals surface area contributed by atoms with Crippen LogP contribution >= 0.6 is 0 Å². The molecule has 1 amide bonds. The fourth-order valence-electron chi connectivity index (χ4n) is 2.44. The third-order valence-corrected chi connectivity index (χ3v) is 3.70. The number of aromatic nitrogens is 1. The second kappa shape index (κ2) is 6.08. The normalized spacial score (nSPS) is 12.3. The van der Waals surface area contributed by atoms with Gasteiger partial charge in [0.05, 0.1) is 5.52 Å². The summed E-state index contributed by atoms with van der Waals surface area (Å²) in [5, 5.41) is 2.64. The van der Waals surface area contributed by atoms with E-state index in [1.165, 1.54) is 10.6 Å². The lowest BCUT2D eigenvalue weighted by atomic mass is 10.2. The van der Waals surface area contributed by atoms with Gasteiger partial charge in [0.2, 0.25) is 5.91 Å². The molecule has 1 N–H and O–H groups in total. The molecule has 1 aromatic heterocycles. The standard InChI is InChI=1S/C17H15FN2O3/c1-11(16(21)19-10-12-6-2-3-7-13(12)18)20-14-8-4-5-9-15(14)23-17(20)22/h2-9,11H,10H2,1H3,(H,19,21). The number of halogens is 1. The molecule has 0 bridgehead atoms. The number of carbonyl (C=O) groups excluding carboxylic acids is 1. The molecule has 5 nitrogen and oxygen atoms in total. The van der Waals surface area contributed by atoms with Gasteiger partial charge in [-0.2, -0.15) is 0 Å². The molecule has 2 aromatic carbocycles. The second-order valence-electron chi connectivity index (χ2n) is 5.19. The van der Waals surface area contributed by atoms with Crippen LogP contribution in [0, 0.1) is 5.82 Å². The van der Waals surface area contributed by atoms with Crippen molar-refractivity contribution < 1.29 is 13.6 Å². The van der Waals surface area contributed by atoms with Gasteiger partial charge in [0, 0.05) is 12.1 Å². The molecular weight excluding hydrogens is 299 g/mol. The van der Waals surface area contributed by atoms with Crippen molar-refractivity contribution in [2.75, 3.05) is 0 Å². The van der Waals surface area contributed by atoms with Gasteiger partial charge in [0.1, 0.15) is 11.9 Å². The molecule has 118 valence electrons. The fourth-order valence-corrected chi connectivity index (χ4v) is 2.44. The Balaban J connectivity index is 1.81. The maximum absolute atomic E-state index is 13.6. The minimum atomic E-state index is -0.766. The first kappa shape index (κ1) is 15.0. The summed E-state index contributed by atoms with van der Waals surface area (Å²) < 4.78 is 20.0. The van der Waals surface area contributed by atoms with Crippen LogP contribution in [-0.2, 0) is 11.3 Å². The van der Waals surface area contributed by atoms with Crippen molar-refractivity contribution in [3.05, 3.63) is 70.5 Å². The predicted octanol–water partition coefficient (Wildman–Crippen LogP) is 2.61. The van der Waals surface area contributed by atoms with Crippen molar-refractivity contribution in [2.24, 2.45) is 0 Å². The maximum Gasteiger partial charge on any atom is 0.420 e. The van der Waals surface area contributed by atoms with Crippen molar-refractivity contribution in [2.45, 2.75) is 19.5 Å². The number of fused-ring (bicyclic) bond motifs is 1. The van der Waals surface area contributed by atoms with Crippen LogP contribution < -0.4 is 11.1 Å². The molecule has 0 saturated heterocycles. The monoisotopic (exact) mass is 314 g/mol. The summed E-state index contributed by atoms with van der Waals surface area (Å²) in [5.74, 6) is -1.37. The Kier molecular flexibility index (Phi) is 3.97. The first-order valence-corrected chi connectivity index (χ1v) is 7.19. The predicted molar refractivity (Wildman–Crippen MR) is 83.4 cm³/mol. The topological polar surface area (TPSA) is 64.2 Å². The first-order chi connectivity index (χ1) is 11.1. The highest BCUT2D eigenvalue weighted by Crippen LogP contribution is 2.16. The minimum absolute atomic E-state index is 0.0559. The fraction of sp³-hybridized carbons (Fsp3) is 0.176. The summed E-state index contributed by atoms with van der Waals surface area (Å²) in [5.41, 5.74) is 1.36. The number of hydrogen-bond donors (Lipinski definition) is 1. The number of carbonyl (C=O) groups is 1. The van der Waals surface area contributed by atoms with Crippen LogP contribution in [0.15, 0.2) is 57.7 Å². The summed E-state index contributed by atoms with van der Waals surface area (Å²) in [6.45, 7) is 1.65. The third-order valence-electron chi connectivity index (χ3n) is 3.70. The number of hydrogen-bond acceptors (Lipinski definition) is 3. The van der Waals surface area contributed by atoms with Gasteiger partial charge in [-0.1, -0.05) is 30.3 Å². The summed E-state index contributed by atoms with van der Waals surface area (Å²) in [7, 11) is 0. The average molecular weight is 314 g/mol. The number of amides is 1. The quantitative estimate of drug-likeness (QED) is 0.805. The van der Waals surface area contributed by atoms with E-state index in [0.717, 1.165) is 0 Å². The number of benzene rings is 2. The lowest BCUT2D eigenvalue weighted by molar-refractivity contribution is -0.124. The molecule has 0 saturated carbocycles. The zero-order chi connectivity index (χ0) is 16.4. The van der Waals surface area contributed by atoms with Gasteiger partial charge in [-0.05, 0) is 25.1 Å². The van der Waals surface area contributed by atoms with Gasteiger partial charge in [-0.3, -0.25) is 9.36 Å². The van der Waals surface area contributed by atoms with E-state index in [1.807, 2.05) is 0 Å². The van der Waals surface area contributed by atoms with Crippen molar-refractivity contribution in [3.63, 3.8) is 0 Å². The molecule has 3 rings (SSSR count). The Morgan fingerprint density at radius 2 is 1.91 bits per heavy atom. The number of nitrogens with zero attached hydrogens (tertiary/aromatic N) is 1. The average Bonchev–Trinajstić information content (AvgIpc) is 2.89. The van der Waals surface area contributed by atoms with Crippen LogP contribution in [0.25, 0.3) is 11.1 Å². The van der Waals surface area contributed by atoms with E-state index in [2.05, 4.69) is 5.32 Å². The Bertz CT molecular complexity index is 913. The minimum Gasteiger partial charge on any atom is -0.408 e. The van der Waals surface area contributed by atoms with E-state index in [0.29, 0.717) is 16.7 Å². The van der Waals surface area contributed by atoms with Gasteiger partial charge in [-0.25, -0.2) is 9.18 Å². The van der Waals surface area contributed by atoms with E-state index >= 15 is 0 Å². The summed E-state index contributed by atoms with van der Waals surface area (Å²) in [6, 6.07) is 12.3. The number of para-hydroxylation sites is 2. The largest absolute Gasteiger partial charge is 0.420 e. The van der Waals surface area contributed by atoms with Crippen LogP contribution in [0.3, 0.4) is 0 Å². The molecule has 0 radical (unpaired) electrons. The van der Waals surface area contributed by atoms with Crippen molar-refractivity contribution >= 4 is 17.0 Å². The lowest BCUT2D eigenvalue weighted by Gasteiger charge is -2.13. The second-order valence-corrected chi connectivity index (χ2v) is 5.19. The van der Waals surface area contributed by atoms with E-state index in [4.69, 9.17) is 4.42 Å². The molecule has 0 fully saturated rings. The SMILES string of the molecule is CC(C(=O)NCc1ccccc1F)n1c(=O)oc2ccccc21. The molecular formula is C17H15FN2O3. The molecule has 1 unspecified atom stereocenters. The lowest BCUT2D eigenvalue weighted by Crippen LogP contribution is -2.34. The van der Waals surface area contributed by atoms with Crippen LogP contribution in [0.5, 0.6) is 0 Å². The van der Waals surface area contributed by atoms with Crippen molar-refractivity contribution in [3.8, 4) is 0 Å². The number of rotatable bonds is 4. The zero-order valence-corrected chi connectivity index (χ0v) is 12.5. The maximum atomic E-state index is 13.6. The van der Waals surface area contributed by atoms with Gasteiger partial charge in [-0.15, -0.1) is 0 Å². The van der Waals surface area contributed by atoms with Gasteiger partial charge in [0.25, 0.3) is 0 Å². The highest BCUT2D eigenvalue weighted by molar-refractivity contribution is 5.82. The van der Waals surface area contributed by atoms with Crippen LogP contribution in [0.1, 0.15) is 18.5 Å². The van der Waals surface area contributed by atoms with Crippen molar-refractivity contribution in [1.29, 1.82) is 0 Å². The highest BCUT2D eigenvalue weighted by Gasteiger charge is 2.21. The molecule has 3 aromatic rings. The molecule has 1 atom stereocenters. The van der Waals surface area contributed by atoms with E-state index in [9.17, 15) is 14.0 Å². The van der Waals surface area contributed by atoms with Gasteiger partial charge < -0.3 is 9.73 Å². The summed E-state index contributed by atoms with van der Waals surface area (Å²) in [4.78, 5) is 24.3. The molecule has 0 aliphatic heterocycles. The molecule has 1 heterocycles. The van der Waals surface area contributed by atoms with E-state index < -0.39 is 11.8 Å². The van der Waals surface area contributed by atoms with Crippen LogP contribution in [0.4, 0.5) is 4.39 Å². The summed E-state index contributed by atoms with van der Waals surface area (Å²) >= 11 is 0. The number of nitrogens with one attached hydrogen (secondary N) is 1. The van der Waals surface area contributed by atoms with Gasteiger partial charge >= 0.3 is 5.76 Å². The van der Waals surface area contributed by atoms with E-state index in [1.54, 1.807) is 49.4 Å². The molecule has 0 aliphatic rings. The Morgan fingerprint density at radius 3 is 2.70 bits per heavy atom. The molecule has 23 heavy (non-hydrogen) atoms. The van der Waals surface area contributed by atoms with E-state index in [-0.39, 0.29) is 18.3 Å². The highest BCUT2D eigenvalue weighted by atomic mass is 19.1. The summed E-state index contributed by atoms with van der Waals surface area (Å²) in [6.07, 6.45) is 0. The number of oxazole rings is 1. The van der Waals surface area contributed by atoms with Gasteiger partial charge in [0.15, 0.2) is 5.58 Å². The first-order valence-electron chi connectivity index (χ1n) is 7.19. The van der Waals surface area contributed by atoms with Crippen LogP contribution in [0.2, 0.25) is 0 Å². The zero-order valence-electron chi connectivity index (χ0n) is 12.5. The molecule has 0 aliphatic carbocycles.